The summed E-state index contributed by atoms with van der Waals surface area (Å²) in [6, 6.07) is -0.265. The summed E-state index contributed by atoms with van der Waals surface area (Å²) in [5.74, 6) is -1.54. The van der Waals surface area contributed by atoms with E-state index < -0.39 is 44.0 Å². The number of alkyl halides is 2. The molecule has 9 heteroatoms. The van der Waals surface area contributed by atoms with Crippen molar-refractivity contribution in [2.45, 2.75) is 90.3 Å². The van der Waals surface area contributed by atoms with E-state index in [1.165, 1.54) is 0 Å². The lowest BCUT2D eigenvalue weighted by molar-refractivity contribution is -0.162. The van der Waals surface area contributed by atoms with Gasteiger partial charge in [-0.2, -0.15) is 0 Å². The van der Waals surface area contributed by atoms with Gasteiger partial charge in [0.2, 0.25) is 0 Å². The highest BCUT2D eigenvalue weighted by molar-refractivity contribution is 6.73. The van der Waals surface area contributed by atoms with E-state index in [4.69, 9.17) is 9.16 Å². The van der Waals surface area contributed by atoms with Crippen LogP contribution in [0.4, 0.5) is 13.6 Å². The number of nitrogens with one attached hydrogen (secondary N) is 1. The van der Waals surface area contributed by atoms with Gasteiger partial charge in [-0.1, -0.05) is 20.8 Å². The molecule has 6 nitrogen and oxygen atoms in total. The minimum atomic E-state index is -3.13. The maximum absolute atomic E-state index is 13.6. The Morgan fingerprint density at radius 3 is 1.80 bits per heavy atom. The van der Waals surface area contributed by atoms with Crippen molar-refractivity contribution in [3.63, 3.8) is 0 Å². The van der Waals surface area contributed by atoms with Crippen LogP contribution in [0, 0.1) is 0 Å². The molecular formula is C16H31F2NO5Si. The monoisotopic (exact) mass is 383 g/mol. The zero-order valence-corrected chi connectivity index (χ0v) is 17.1. The van der Waals surface area contributed by atoms with Gasteiger partial charge in [0.05, 0.1) is 0 Å². The van der Waals surface area contributed by atoms with Gasteiger partial charge in [-0.25, -0.2) is 18.4 Å². The molecule has 0 aliphatic heterocycles. The molecule has 2 N–H and O–H groups in total. The molecule has 0 unspecified atom stereocenters. The number of carbonyl (C=O) groups excluding carboxylic acids is 1. The highest BCUT2D eigenvalue weighted by Gasteiger charge is 2.52. The molecule has 0 aromatic rings. The predicted octanol–water partition coefficient (Wildman–Crippen LogP) is 4.01. The third-order valence-electron chi connectivity index (χ3n) is 4.30. The fourth-order valence-corrected chi connectivity index (χ4v) is 5.58. The highest BCUT2D eigenvalue weighted by atomic mass is 28.4. The Balaban J connectivity index is 5.72. The predicted molar refractivity (Wildman–Crippen MR) is 93.5 cm³/mol. The fraction of sp³-hybridized carbons (Fsp3) is 0.875. The molecule has 0 fully saturated rings. The standard InChI is InChI=1S/C16H31F2NO5Si/c1-8-25(9-2,10-3)24-16(7,13(20)21)11(12(17)18)19-14(22)23-15(4,5)6/h11-12H,8-10H2,1-7H3,(H,19,22)(H,20,21)/t11-,16+/m0/s1. The lowest BCUT2D eigenvalue weighted by atomic mass is 9.97. The van der Waals surface area contributed by atoms with Crippen LogP contribution in [0.15, 0.2) is 0 Å². The van der Waals surface area contributed by atoms with E-state index in [1.54, 1.807) is 20.8 Å². The van der Waals surface area contributed by atoms with Crippen LogP contribution in [-0.4, -0.2) is 49.2 Å². The molecule has 148 valence electrons. The number of carboxylic acids is 1. The number of hydrogen-bond donors (Lipinski definition) is 2. The van der Waals surface area contributed by atoms with Crippen molar-refractivity contribution in [1.29, 1.82) is 0 Å². The SMILES string of the molecule is CC[Si](CC)(CC)O[C@@](C)(C(=O)O)[C@@H](NC(=O)OC(C)(C)C)C(F)F. The number of halogens is 2. The molecule has 0 aromatic heterocycles. The first-order chi connectivity index (χ1) is 11.3. The Morgan fingerprint density at radius 2 is 1.52 bits per heavy atom. The quantitative estimate of drug-likeness (QED) is 0.588. The summed E-state index contributed by atoms with van der Waals surface area (Å²) in [6.45, 7) is 11.4. The average Bonchev–Trinajstić information content (AvgIpc) is 2.48. The third kappa shape index (κ3) is 6.54. The first-order valence-corrected chi connectivity index (χ1v) is 11.0. The molecule has 0 aliphatic carbocycles. The van der Waals surface area contributed by atoms with Gasteiger partial charge < -0.3 is 19.6 Å². The zero-order chi connectivity index (χ0) is 20.1. The van der Waals surface area contributed by atoms with Gasteiger partial charge in [0, 0.05) is 0 Å². The first-order valence-electron chi connectivity index (χ1n) is 8.48. The number of alkyl carbamates (subject to hydrolysis) is 1. The van der Waals surface area contributed by atoms with E-state index >= 15 is 0 Å². The second-order valence-electron chi connectivity index (χ2n) is 7.22. The molecule has 25 heavy (non-hydrogen) atoms. The number of hydrogen-bond acceptors (Lipinski definition) is 4. The molecule has 0 saturated heterocycles. The maximum atomic E-state index is 13.6. The minimum Gasteiger partial charge on any atom is -0.479 e. The van der Waals surface area contributed by atoms with E-state index in [0.717, 1.165) is 6.92 Å². The number of ether oxygens (including phenoxy) is 1. The summed E-state index contributed by atoms with van der Waals surface area (Å²) in [4.78, 5) is 23.7. The minimum absolute atomic E-state index is 0.589. The van der Waals surface area contributed by atoms with E-state index in [1.807, 2.05) is 26.1 Å². The maximum Gasteiger partial charge on any atom is 0.408 e. The molecule has 0 heterocycles. The van der Waals surface area contributed by atoms with Gasteiger partial charge in [-0.15, -0.1) is 0 Å². The Hall–Kier alpha value is -1.22. The summed E-state index contributed by atoms with van der Waals surface area (Å²) < 4.78 is 38.1. The van der Waals surface area contributed by atoms with E-state index in [0.29, 0.717) is 18.1 Å². The normalized spacial score (nSPS) is 16.2. The summed E-state index contributed by atoms with van der Waals surface area (Å²) in [6.07, 6.45) is -4.24. The summed E-state index contributed by atoms with van der Waals surface area (Å²) in [7, 11) is -2.53. The topological polar surface area (TPSA) is 84.9 Å². The largest absolute Gasteiger partial charge is 0.479 e. The molecule has 0 radical (unpaired) electrons. The number of rotatable bonds is 9. The van der Waals surface area contributed by atoms with Gasteiger partial charge >= 0.3 is 12.1 Å². The van der Waals surface area contributed by atoms with Crippen LogP contribution in [0.3, 0.4) is 0 Å². The Labute approximate surface area is 149 Å². The molecule has 0 spiro atoms. The van der Waals surface area contributed by atoms with E-state index in [2.05, 4.69) is 0 Å². The average molecular weight is 384 g/mol. The van der Waals surface area contributed by atoms with Crippen LogP contribution in [0.25, 0.3) is 0 Å². The van der Waals surface area contributed by atoms with Crippen LogP contribution in [0.2, 0.25) is 18.1 Å². The molecule has 0 saturated carbocycles. The van der Waals surface area contributed by atoms with Crippen LogP contribution >= 0.6 is 0 Å². The van der Waals surface area contributed by atoms with E-state index in [-0.39, 0.29) is 0 Å². The second kappa shape index (κ2) is 8.93. The number of aliphatic carboxylic acids is 1. The van der Waals surface area contributed by atoms with Crippen molar-refractivity contribution in [1.82, 2.24) is 5.32 Å². The molecule has 0 aromatic carbocycles. The van der Waals surface area contributed by atoms with Gasteiger partial charge in [-0.3, -0.25) is 0 Å². The number of carboxylic acid groups (broad SMARTS) is 1. The van der Waals surface area contributed by atoms with Gasteiger partial charge in [-0.05, 0) is 45.8 Å². The number of amides is 1. The molecule has 1 amide bonds. The first kappa shape index (κ1) is 23.8. The lowest BCUT2D eigenvalue weighted by Crippen LogP contribution is -2.64. The summed E-state index contributed by atoms with van der Waals surface area (Å²) in [5.41, 5.74) is -3.15. The molecule has 0 rings (SSSR count). The zero-order valence-electron chi connectivity index (χ0n) is 16.1. The molecular weight excluding hydrogens is 352 g/mol. The second-order valence-corrected chi connectivity index (χ2v) is 11.9. The van der Waals surface area contributed by atoms with Crippen molar-refractivity contribution in [3.8, 4) is 0 Å². The van der Waals surface area contributed by atoms with Crippen molar-refractivity contribution in [2.24, 2.45) is 0 Å². The van der Waals surface area contributed by atoms with Crippen molar-refractivity contribution in [3.05, 3.63) is 0 Å². The molecule has 0 bridgehead atoms. The Bertz CT molecular complexity index is 458. The highest BCUT2D eigenvalue weighted by Crippen LogP contribution is 2.32. The van der Waals surface area contributed by atoms with Crippen LogP contribution in [0.5, 0.6) is 0 Å². The van der Waals surface area contributed by atoms with Crippen LogP contribution in [-0.2, 0) is 14.0 Å². The Morgan fingerprint density at radius 1 is 1.08 bits per heavy atom. The molecule has 0 aliphatic rings. The smallest absolute Gasteiger partial charge is 0.408 e. The number of carbonyl (C=O) groups is 2. The summed E-state index contributed by atoms with van der Waals surface area (Å²) >= 11 is 0. The fourth-order valence-electron chi connectivity index (χ4n) is 2.53. The van der Waals surface area contributed by atoms with Crippen molar-refractivity contribution in [2.75, 3.05) is 0 Å². The Kier molecular flexibility index (Phi) is 8.49. The van der Waals surface area contributed by atoms with E-state index in [9.17, 15) is 23.5 Å². The molecule has 2 atom stereocenters. The van der Waals surface area contributed by atoms with Crippen molar-refractivity contribution < 1.29 is 32.6 Å². The van der Waals surface area contributed by atoms with Gasteiger partial charge in [0.1, 0.15) is 11.6 Å². The summed E-state index contributed by atoms with van der Waals surface area (Å²) in [5, 5.41) is 11.6. The van der Waals surface area contributed by atoms with Gasteiger partial charge in [0.15, 0.2) is 13.9 Å². The van der Waals surface area contributed by atoms with Crippen LogP contribution < -0.4 is 5.32 Å². The van der Waals surface area contributed by atoms with Gasteiger partial charge in [0.25, 0.3) is 6.43 Å². The van der Waals surface area contributed by atoms with Crippen LogP contribution in [0.1, 0.15) is 48.5 Å². The lowest BCUT2D eigenvalue weighted by Gasteiger charge is -2.41. The van der Waals surface area contributed by atoms with Crippen molar-refractivity contribution >= 4 is 20.4 Å². The third-order valence-corrected chi connectivity index (χ3v) is 9.03.